The fraction of sp³-hybridized carbons (Fsp3) is 0.833. The minimum absolute atomic E-state index is 0.524. The molecule has 2 rings (SSSR count). The average Bonchev–Trinajstić information content (AvgIpc) is 2.47. The van der Waals surface area contributed by atoms with Crippen molar-refractivity contribution in [1.82, 2.24) is 5.43 Å². The quantitative estimate of drug-likeness (QED) is 0.744. The van der Waals surface area contributed by atoms with Gasteiger partial charge in [-0.05, 0) is 54.9 Å². The highest BCUT2D eigenvalue weighted by Gasteiger charge is 2.31. The lowest BCUT2D eigenvalue weighted by atomic mass is 9.72. The fourth-order valence-electron chi connectivity index (χ4n) is 3.74. The topological polar surface area (TPSA) is 24.4 Å². The maximum atomic E-state index is 4.41. The van der Waals surface area contributed by atoms with Crippen molar-refractivity contribution in [1.29, 1.82) is 0 Å². The highest BCUT2D eigenvalue weighted by atomic mass is 15.3. The largest absolute Gasteiger partial charge is 0.283 e. The van der Waals surface area contributed by atoms with Gasteiger partial charge < -0.3 is 0 Å². The van der Waals surface area contributed by atoms with Gasteiger partial charge in [-0.15, -0.1) is 0 Å². The zero-order chi connectivity index (χ0) is 14.8. The molecule has 114 valence electrons. The van der Waals surface area contributed by atoms with Gasteiger partial charge in [-0.3, -0.25) is 5.43 Å². The molecular weight excluding hydrogens is 244 g/mol. The number of hydrogen-bond acceptors (Lipinski definition) is 2. The van der Waals surface area contributed by atoms with Crippen LogP contribution in [0.5, 0.6) is 0 Å². The van der Waals surface area contributed by atoms with E-state index in [9.17, 15) is 0 Å². The van der Waals surface area contributed by atoms with Crippen molar-refractivity contribution < 1.29 is 0 Å². The van der Waals surface area contributed by atoms with E-state index in [2.05, 4.69) is 51.4 Å². The summed E-state index contributed by atoms with van der Waals surface area (Å²) in [5.41, 5.74) is 6.84. The summed E-state index contributed by atoms with van der Waals surface area (Å²) in [5, 5.41) is 4.41. The third kappa shape index (κ3) is 3.27. The van der Waals surface area contributed by atoms with Crippen LogP contribution in [0.1, 0.15) is 73.1 Å². The zero-order valence-electron chi connectivity index (χ0n) is 14.0. The zero-order valence-corrected chi connectivity index (χ0v) is 14.0. The smallest absolute Gasteiger partial charge is 0.0359 e. The fourth-order valence-corrected chi connectivity index (χ4v) is 3.74. The third-order valence-corrected chi connectivity index (χ3v) is 5.66. The summed E-state index contributed by atoms with van der Waals surface area (Å²) in [6.07, 6.45) is 10.1. The predicted octanol–water partition coefficient (Wildman–Crippen LogP) is 5.12. The summed E-state index contributed by atoms with van der Waals surface area (Å²) in [7, 11) is 0. The lowest BCUT2D eigenvalue weighted by Crippen LogP contribution is -2.24. The Bertz CT molecular complexity index is 392. The van der Waals surface area contributed by atoms with Gasteiger partial charge in [0.15, 0.2) is 0 Å². The van der Waals surface area contributed by atoms with Gasteiger partial charge >= 0.3 is 0 Å². The Kier molecular flexibility index (Phi) is 4.93. The van der Waals surface area contributed by atoms with Gasteiger partial charge in [-0.25, -0.2) is 0 Å². The maximum Gasteiger partial charge on any atom is 0.0359 e. The molecule has 0 radical (unpaired) electrons. The molecule has 1 N–H and O–H groups in total. The SMILES string of the molecule is CC(C)C1=C2CCCC(C)(C(C)C)CCCC2C=NN1. The number of hydrogen-bond donors (Lipinski definition) is 1. The first-order valence-electron chi connectivity index (χ1n) is 8.46. The van der Waals surface area contributed by atoms with E-state index in [1.165, 1.54) is 44.2 Å². The maximum absolute atomic E-state index is 4.41. The molecule has 20 heavy (non-hydrogen) atoms. The molecule has 0 spiro atoms. The summed E-state index contributed by atoms with van der Waals surface area (Å²) in [6, 6.07) is 0. The van der Waals surface area contributed by atoms with E-state index in [1.807, 2.05) is 0 Å². The molecule has 0 amide bonds. The van der Waals surface area contributed by atoms with Gasteiger partial charge in [0, 0.05) is 17.8 Å². The minimum Gasteiger partial charge on any atom is -0.283 e. The standard InChI is InChI=1S/C18H32N2/c1-13(2)17-16-9-7-11-18(5,14(3)4)10-6-8-15(16)12-19-20-17/h12-15,20H,6-11H2,1-5H3. The van der Waals surface area contributed by atoms with E-state index in [1.54, 1.807) is 5.57 Å². The van der Waals surface area contributed by atoms with Crippen LogP contribution in [0.2, 0.25) is 0 Å². The van der Waals surface area contributed by atoms with Crippen LogP contribution in [-0.2, 0) is 0 Å². The summed E-state index contributed by atoms with van der Waals surface area (Å²) in [4.78, 5) is 0. The second kappa shape index (κ2) is 6.32. The van der Waals surface area contributed by atoms with Crippen LogP contribution in [0.15, 0.2) is 16.4 Å². The lowest BCUT2D eigenvalue weighted by molar-refractivity contribution is 0.173. The molecule has 0 saturated heterocycles. The summed E-state index contributed by atoms with van der Waals surface area (Å²) in [5.74, 6) is 1.93. The van der Waals surface area contributed by atoms with Crippen LogP contribution in [0.3, 0.4) is 0 Å². The van der Waals surface area contributed by atoms with E-state index in [0.29, 0.717) is 17.3 Å². The Labute approximate surface area is 125 Å². The first-order chi connectivity index (χ1) is 9.44. The Morgan fingerprint density at radius 3 is 2.55 bits per heavy atom. The molecule has 2 unspecified atom stereocenters. The van der Waals surface area contributed by atoms with Crippen LogP contribution in [0.25, 0.3) is 0 Å². The number of nitrogens with one attached hydrogen (secondary N) is 1. The van der Waals surface area contributed by atoms with Gasteiger partial charge in [0.25, 0.3) is 0 Å². The lowest BCUT2D eigenvalue weighted by Gasteiger charge is -2.33. The van der Waals surface area contributed by atoms with Crippen molar-refractivity contribution in [2.24, 2.45) is 28.3 Å². The molecule has 2 atom stereocenters. The summed E-state index contributed by atoms with van der Waals surface area (Å²) in [6.45, 7) is 11.8. The minimum atomic E-state index is 0.524. The first kappa shape index (κ1) is 15.6. The monoisotopic (exact) mass is 276 g/mol. The van der Waals surface area contributed by atoms with Gasteiger partial charge in [0.2, 0.25) is 0 Å². The highest BCUT2D eigenvalue weighted by Crippen LogP contribution is 2.42. The molecule has 1 saturated carbocycles. The molecule has 1 fully saturated rings. The van der Waals surface area contributed by atoms with Gasteiger partial charge in [-0.2, -0.15) is 5.10 Å². The van der Waals surface area contributed by atoms with Crippen LogP contribution in [-0.4, -0.2) is 6.21 Å². The van der Waals surface area contributed by atoms with E-state index >= 15 is 0 Å². The predicted molar refractivity (Wildman–Crippen MR) is 87.6 cm³/mol. The number of nitrogens with zero attached hydrogens (tertiary/aromatic N) is 1. The van der Waals surface area contributed by atoms with Crippen molar-refractivity contribution >= 4 is 6.21 Å². The Morgan fingerprint density at radius 2 is 1.90 bits per heavy atom. The van der Waals surface area contributed by atoms with E-state index in [0.717, 1.165) is 5.92 Å². The molecule has 2 aliphatic rings. The van der Waals surface area contributed by atoms with Gasteiger partial charge in [0.1, 0.15) is 0 Å². The first-order valence-corrected chi connectivity index (χ1v) is 8.46. The van der Waals surface area contributed by atoms with Gasteiger partial charge in [-0.1, -0.05) is 41.0 Å². The van der Waals surface area contributed by atoms with Crippen LogP contribution >= 0.6 is 0 Å². The van der Waals surface area contributed by atoms with Crippen molar-refractivity contribution in [3.8, 4) is 0 Å². The normalized spacial score (nSPS) is 31.6. The third-order valence-electron chi connectivity index (χ3n) is 5.66. The van der Waals surface area contributed by atoms with E-state index in [4.69, 9.17) is 0 Å². The molecule has 0 aromatic rings. The highest BCUT2D eigenvalue weighted by molar-refractivity contribution is 5.66. The molecule has 0 bridgehead atoms. The molecule has 1 heterocycles. The molecule has 0 aromatic carbocycles. The molecule has 2 heteroatoms. The van der Waals surface area contributed by atoms with Crippen molar-refractivity contribution in [2.75, 3.05) is 0 Å². The van der Waals surface area contributed by atoms with Crippen molar-refractivity contribution in [2.45, 2.75) is 73.1 Å². The molecular formula is C18H32N2. The number of allylic oxidation sites excluding steroid dienone is 2. The average molecular weight is 276 g/mol. The summed E-state index contributed by atoms with van der Waals surface area (Å²) >= 11 is 0. The number of hydrazone groups is 1. The number of fused-ring (bicyclic) bond motifs is 1. The summed E-state index contributed by atoms with van der Waals surface area (Å²) < 4.78 is 0. The molecule has 1 aliphatic heterocycles. The van der Waals surface area contributed by atoms with E-state index < -0.39 is 0 Å². The Morgan fingerprint density at radius 1 is 1.20 bits per heavy atom. The van der Waals surface area contributed by atoms with Crippen LogP contribution in [0, 0.1) is 23.2 Å². The Balaban J connectivity index is 2.19. The van der Waals surface area contributed by atoms with Gasteiger partial charge in [0.05, 0.1) is 0 Å². The Hall–Kier alpha value is -0.790. The molecule has 1 aliphatic carbocycles. The van der Waals surface area contributed by atoms with Crippen molar-refractivity contribution in [3.63, 3.8) is 0 Å². The van der Waals surface area contributed by atoms with Crippen LogP contribution < -0.4 is 5.43 Å². The van der Waals surface area contributed by atoms with E-state index in [-0.39, 0.29) is 0 Å². The second-order valence-corrected chi connectivity index (χ2v) is 7.64. The second-order valence-electron chi connectivity index (χ2n) is 7.64. The molecule has 0 aromatic heterocycles. The van der Waals surface area contributed by atoms with Crippen LogP contribution in [0.4, 0.5) is 0 Å². The van der Waals surface area contributed by atoms with Crippen molar-refractivity contribution in [3.05, 3.63) is 11.3 Å². The molecule has 2 nitrogen and oxygen atoms in total. The number of rotatable bonds is 2.